The van der Waals surface area contributed by atoms with E-state index in [0.717, 1.165) is 0 Å². The third kappa shape index (κ3) is 2.20. The van der Waals surface area contributed by atoms with E-state index in [2.05, 4.69) is 0 Å². The molecule has 1 aliphatic heterocycles. The van der Waals surface area contributed by atoms with Crippen molar-refractivity contribution in [2.75, 3.05) is 23.7 Å². The largest absolute Gasteiger partial charge is 0.329 e. The number of amides is 1. The van der Waals surface area contributed by atoms with Gasteiger partial charge in [0.2, 0.25) is 5.91 Å². The second-order valence-corrected chi connectivity index (χ2v) is 4.91. The van der Waals surface area contributed by atoms with Gasteiger partial charge in [0, 0.05) is 18.3 Å². The molecule has 0 radical (unpaired) electrons. The Labute approximate surface area is 97.8 Å². The zero-order valence-electron chi connectivity index (χ0n) is 8.73. The Morgan fingerprint density at radius 2 is 2.25 bits per heavy atom. The topological polar surface area (TPSA) is 46.3 Å². The molecule has 86 valence electrons. The van der Waals surface area contributed by atoms with Crippen molar-refractivity contribution in [1.29, 1.82) is 0 Å². The summed E-state index contributed by atoms with van der Waals surface area (Å²) in [4.78, 5) is 13.2. The number of hydrogen-bond acceptors (Lipinski definition) is 3. The van der Waals surface area contributed by atoms with Crippen molar-refractivity contribution in [3.8, 4) is 0 Å². The molecule has 3 nitrogen and oxygen atoms in total. The van der Waals surface area contributed by atoms with Gasteiger partial charge in [-0.05, 0) is 12.1 Å². The zero-order chi connectivity index (χ0) is 11.5. The van der Waals surface area contributed by atoms with E-state index in [-0.39, 0.29) is 17.0 Å². The molecule has 5 heteroatoms. The zero-order valence-corrected chi connectivity index (χ0v) is 9.54. The molecule has 2 rings (SSSR count). The highest BCUT2D eigenvalue weighted by molar-refractivity contribution is 8.00. The van der Waals surface area contributed by atoms with Gasteiger partial charge in [-0.15, -0.1) is 11.8 Å². The Balaban J connectivity index is 2.25. The fourth-order valence-electron chi connectivity index (χ4n) is 1.67. The van der Waals surface area contributed by atoms with E-state index < -0.39 is 0 Å². The SMILES string of the molecule is NCC1CN(c2ccccc2F)C(=O)CS1. The molecule has 1 unspecified atom stereocenters. The summed E-state index contributed by atoms with van der Waals surface area (Å²) >= 11 is 1.54. The average Bonchev–Trinajstić information content (AvgIpc) is 2.31. The molecule has 1 heterocycles. The van der Waals surface area contributed by atoms with Gasteiger partial charge in [0.25, 0.3) is 0 Å². The summed E-state index contributed by atoms with van der Waals surface area (Å²) in [7, 11) is 0. The van der Waals surface area contributed by atoms with Gasteiger partial charge in [0.15, 0.2) is 0 Å². The van der Waals surface area contributed by atoms with Crippen molar-refractivity contribution in [3.63, 3.8) is 0 Å². The average molecular weight is 240 g/mol. The molecule has 1 aliphatic rings. The quantitative estimate of drug-likeness (QED) is 0.846. The molecule has 1 saturated heterocycles. The van der Waals surface area contributed by atoms with Crippen LogP contribution in [0.25, 0.3) is 0 Å². The number of halogens is 1. The van der Waals surface area contributed by atoms with Crippen LogP contribution >= 0.6 is 11.8 Å². The van der Waals surface area contributed by atoms with Gasteiger partial charge in [-0.1, -0.05) is 12.1 Å². The lowest BCUT2D eigenvalue weighted by atomic mass is 10.2. The number of nitrogens with zero attached hydrogens (tertiary/aromatic N) is 1. The third-order valence-electron chi connectivity index (χ3n) is 2.54. The fraction of sp³-hybridized carbons (Fsp3) is 0.364. The number of thioether (sulfide) groups is 1. The summed E-state index contributed by atoms with van der Waals surface area (Å²) in [6, 6.07) is 6.33. The van der Waals surface area contributed by atoms with Crippen LogP contribution in [-0.2, 0) is 4.79 Å². The highest BCUT2D eigenvalue weighted by atomic mass is 32.2. The minimum absolute atomic E-state index is 0.0557. The lowest BCUT2D eigenvalue weighted by Gasteiger charge is -2.31. The Hall–Kier alpha value is -1.07. The lowest BCUT2D eigenvalue weighted by molar-refractivity contribution is -0.116. The second-order valence-electron chi connectivity index (χ2n) is 3.62. The molecule has 1 aromatic carbocycles. The van der Waals surface area contributed by atoms with Crippen molar-refractivity contribution in [2.45, 2.75) is 5.25 Å². The lowest BCUT2D eigenvalue weighted by Crippen LogP contribution is -2.45. The maximum absolute atomic E-state index is 13.5. The molecule has 0 spiro atoms. The maximum Gasteiger partial charge on any atom is 0.237 e. The molecular weight excluding hydrogens is 227 g/mol. The smallest absolute Gasteiger partial charge is 0.237 e. The highest BCUT2D eigenvalue weighted by Gasteiger charge is 2.27. The molecule has 0 aromatic heterocycles. The van der Waals surface area contributed by atoms with E-state index in [0.29, 0.717) is 24.5 Å². The van der Waals surface area contributed by atoms with Crippen LogP contribution in [0.15, 0.2) is 24.3 Å². The van der Waals surface area contributed by atoms with Crippen LogP contribution in [-0.4, -0.2) is 30.0 Å². The minimum atomic E-state index is -0.362. The van der Waals surface area contributed by atoms with Crippen LogP contribution in [0.2, 0.25) is 0 Å². The summed E-state index contributed by atoms with van der Waals surface area (Å²) in [6.45, 7) is 0.990. The van der Waals surface area contributed by atoms with Crippen molar-refractivity contribution in [3.05, 3.63) is 30.1 Å². The van der Waals surface area contributed by atoms with Gasteiger partial charge >= 0.3 is 0 Å². The number of carbonyl (C=O) groups is 1. The first-order valence-electron chi connectivity index (χ1n) is 5.09. The van der Waals surface area contributed by atoms with Crippen LogP contribution in [0, 0.1) is 5.82 Å². The Kier molecular flexibility index (Phi) is 3.46. The summed E-state index contributed by atoms with van der Waals surface area (Å²) in [5.41, 5.74) is 5.93. The first kappa shape index (κ1) is 11.4. The summed E-state index contributed by atoms with van der Waals surface area (Å²) in [5.74, 6) is -0.0470. The van der Waals surface area contributed by atoms with Crippen molar-refractivity contribution in [1.82, 2.24) is 0 Å². The number of nitrogens with two attached hydrogens (primary N) is 1. The van der Waals surface area contributed by atoms with Crippen molar-refractivity contribution < 1.29 is 9.18 Å². The van der Waals surface area contributed by atoms with Crippen LogP contribution in [0.3, 0.4) is 0 Å². The summed E-state index contributed by atoms with van der Waals surface area (Å²) < 4.78 is 13.5. The molecule has 1 atom stereocenters. The molecule has 0 saturated carbocycles. The maximum atomic E-state index is 13.5. The number of hydrogen-bond donors (Lipinski definition) is 1. The molecule has 0 bridgehead atoms. The van der Waals surface area contributed by atoms with E-state index in [9.17, 15) is 9.18 Å². The molecule has 1 aromatic rings. The molecule has 1 amide bonds. The fourth-order valence-corrected chi connectivity index (χ4v) is 2.60. The van der Waals surface area contributed by atoms with Crippen LogP contribution in [0.4, 0.5) is 10.1 Å². The van der Waals surface area contributed by atoms with E-state index in [1.807, 2.05) is 0 Å². The van der Waals surface area contributed by atoms with Crippen LogP contribution in [0.5, 0.6) is 0 Å². The first-order valence-corrected chi connectivity index (χ1v) is 6.14. The molecular formula is C11H13FN2OS. The molecule has 0 aliphatic carbocycles. The van der Waals surface area contributed by atoms with E-state index in [4.69, 9.17) is 5.73 Å². The van der Waals surface area contributed by atoms with E-state index in [1.165, 1.54) is 22.7 Å². The minimum Gasteiger partial charge on any atom is -0.329 e. The van der Waals surface area contributed by atoms with Gasteiger partial charge < -0.3 is 10.6 Å². The van der Waals surface area contributed by atoms with Gasteiger partial charge in [-0.25, -0.2) is 4.39 Å². The number of anilines is 1. The molecule has 16 heavy (non-hydrogen) atoms. The van der Waals surface area contributed by atoms with E-state index >= 15 is 0 Å². The Bertz CT molecular complexity index is 399. The Morgan fingerprint density at radius 3 is 2.94 bits per heavy atom. The highest BCUT2D eigenvalue weighted by Crippen LogP contribution is 2.26. The number of carbonyl (C=O) groups excluding carboxylic acids is 1. The predicted octanol–water partition coefficient (Wildman–Crippen LogP) is 1.23. The first-order chi connectivity index (χ1) is 7.72. The predicted molar refractivity (Wildman–Crippen MR) is 64.1 cm³/mol. The van der Waals surface area contributed by atoms with Gasteiger partial charge in [-0.2, -0.15) is 0 Å². The van der Waals surface area contributed by atoms with Gasteiger partial charge in [0.05, 0.1) is 11.4 Å². The van der Waals surface area contributed by atoms with Gasteiger partial charge in [0.1, 0.15) is 5.82 Å². The third-order valence-corrected chi connectivity index (χ3v) is 3.76. The van der Waals surface area contributed by atoms with Crippen LogP contribution < -0.4 is 10.6 Å². The number of benzene rings is 1. The Morgan fingerprint density at radius 1 is 1.50 bits per heavy atom. The summed E-state index contributed by atoms with van der Waals surface area (Å²) in [6.07, 6.45) is 0. The molecule has 2 N–H and O–H groups in total. The monoisotopic (exact) mass is 240 g/mol. The second kappa shape index (κ2) is 4.84. The summed E-state index contributed by atoms with van der Waals surface area (Å²) in [5, 5.41) is 0.192. The molecule has 1 fully saturated rings. The van der Waals surface area contributed by atoms with Crippen LogP contribution in [0.1, 0.15) is 0 Å². The van der Waals surface area contributed by atoms with Crippen molar-refractivity contribution >= 4 is 23.4 Å². The van der Waals surface area contributed by atoms with Crippen molar-refractivity contribution in [2.24, 2.45) is 5.73 Å². The number of rotatable bonds is 2. The normalized spacial score (nSPS) is 21.2. The number of para-hydroxylation sites is 1. The standard InChI is InChI=1S/C11H13FN2OS/c12-9-3-1-2-4-10(9)14-6-8(5-13)16-7-11(14)15/h1-4,8H,5-7,13H2. The van der Waals surface area contributed by atoms with Gasteiger partial charge in [-0.3, -0.25) is 4.79 Å². The van der Waals surface area contributed by atoms with E-state index in [1.54, 1.807) is 18.2 Å².